The van der Waals surface area contributed by atoms with Gasteiger partial charge in [-0.15, -0.1) is 0 Å². The zero-order valence-electron chi connectivity index (χ0n) is 14.6. The van der Waals surface area contributed by atoms with Crippen LogP contribution in [0, 0.1) is 11.7 Å². The van der Waals surface area contributed by atoms with Crippen LogP contribution in [0.4, 0.5) is 10.1 Å². The van der Waals surface area contributed by atoms with Gasteiger partial charge in [-0.3, -0.25) is 4.79 Å². The number of hydrogen-bond acceptors (Lipinski definition) is 3. The average Bonchev–Trinajstić information content (AvgIpc) is 2.65. The predicted octanol–water partition coefficient (Wildman–Crippen LogP) is 3.66. The minimum atomic E-state index is -3.51. The molecule has 0 aliphatic carbocycles. The molecule has 5 nitrogen and oxygen atoms in total. The summed E-state index contributed by atoms with van der Waals surface area (Å²) < 4.78 is 40.0. The van der Waals surface area contributed by atoms with Crippen LogP contribution < -0.4 is 5.32 Å². The van der Waals surface area contributed by atoms with Crippen LogP contribution in [0.3, 0.4) is 0 Å². The molecule has 1 amide bonds. The van der Waals surface area contributed by atoms with Gasteiger partial charge in [0, 0.05) is 18.8 Å². The van der Waals surface area contributed by atoms with Gasteiger partial charge in [-0.1, -0.05) is 41.9 Å². The molecule has 1 heterocycles. The summed E-state index contributed by atoms with van der Waals surface area (Å²) in [7, 11) is -3.51. The fourth-order valence-corrected chi connectivity index (χ4v) is 4.89. The van der Waals surface area contributed by atoms with Gasteiger partial charge < -0.3 is 5.32 Å². The van der Waals surface area contributed by atoms with Crippen molar-refractivity contribution in [3.8, 4) is 0 Å². The Hall–Kier alpha value is -1.96. The maximum Gasteiger partial charge on any atom is 0.228 e. The van der Waals surface area contributed by atoms with Gasteiger partial charge in [0.2, 0.25) is 15.9 Å². The van der Waals surface area contributed by atoms with E-state index in [9.17, 15) is 17.6 Å². The second-order valence-electron chi connectivity index (χ2n) is 6.56. The Labute approximate surface area is 163 Å². The fraction of sp³-hybridized carbons (Fsp3) is 0.316. The van der Waals surface area contributed by atoms with Crippen LogP contribution >= 0.6 is 11.6 Å². The summed E-state index contributed by atoms with van der Waals surface area (Å²) in [6, 6.07) is 12.9. The van der Waals surface area contributed by atoms with Crippen LogP contribution in [0.2, 0.25) is 5.02 Å². The van der Waals surface area contributed by atoms with Crippen LogP contribution in [-0.2, 0) is 20.6 Å². The summed E-state index contributed by atoms with van der Waals surface area (Å²) in [4.78, 5) is 12.5. The first-order chi connectivity index (χ1) is 12.8. The lowest BCUT2D eigenvalue weighted by molar-refractivity contribution is -0.120. The number of rotatable bonds is 5. The van der Waals surface area contributed by atoms with Crippen LogP contribution in [0.5, 0.6) is 0 Å². The summed E-state index contributed by atoms with van der Waals surface area (Å²) in [6.07, 6.45) is 1.20. The monoisotopic (exact) mass is 410 g/mol. The number of benzene rings is 2. The molecule has 0 saturated carbocycles. The molecule has 8 heteroatoms. The lowest BCUT2D eigenvalue weighted by Crippen LogP contribution is -2.44. The third-order valence-electron chi connectivity index (χ3n) is 4.53. The highest BCUT2D eigenvalue weighted by Crippen LogP contribution is 2.24. The number of nitrogens with zero attached hydrogens (tertiary/aromatic N) is 1. The molecular formula is C19H20ClFN2O3S. The number of carbonyl (C=O) groups is 1. The standard InChI is InChI=1S/C19H20ClFN2O3S/c20-17-11-16(8-9-18(17)21)22-19(24)15-7-4-10-23(12-15)27(25,26)13-14-5-2-1-3-6-14/h1-3,5-6,8-9,11,15H,4,7,10,12-13H2,(H,22,24). The van der Waals surface area contributed by atoms with Crippen molar-refractivity contribution in [2.24, 2.45) is 5.92 Å². The molecule has 1 saturated heterocycles. The topological polar surface area (TPSA) is 66.5 Å². The van der Waals surface area contributed by atoms with Gasteiger partial charge in [0.05, 0.1) is 16.7 Å². The highest BCUT2D eigenvalue weighted by Gasteiger charge is 2.32. The van der Waals surface area contributed by atoms with Crippen molar-refractivity contribution >= 4 is 33.2 Å². The summed E-state index contributed by atoms with van der Waals surface area (Å²) in [6.45, 7) is 0.539. The van der Waals surface area contributed by atoms with E-state index in [1.165, 1.54) is 22.5 Å². The van der Waals surface area contributed by atoms with Crippen LogP contribution in [0.15, 0.2) is 48.5 Å². The molecule has 3 rings (SSSR count). The summed E-state index contributed by atoms with van der Waals surface area (Å²) in [5.41, 5.74) is 1.10. The van der Waals surface area contributed by atoms with Crippen molar-refractivity contribution in [3.05, 3.63) is 64.9 Å². The number of hydrogen-bond donors (Lipinski definition) is 1. The fourth-order valence-electron chi connectivity index (χ4n) is 3.10. The molecule has 1 atom stereocenters. The highest BCUT2D eigenvalue weighted by molar-refractivity contribution is 7.88. The summed E-state index contributed by atoms with van der Waals surface area (Å²) >= 11 is 5.73. The normalized spacial score (nSPS) is 18.2. The Balaban J connectivity index is 1.66. The highest BCUT2D eigenvalue weighted by atomic mass is 35.5. The molecule has 144 valence electrons. The lowest BCUT2D eigenvalue weighted by atomic mass is 9.99. The van der Waals surface area contributed by atoms with E-state index in [0.29, 0.717) is 30.6 Å². The largest absolute Gasteiger partial charge is 0.326 e. The van der Waals surface area contributed by atoms with Gasteiger partial charge >= 0.3 is 0 Å². The van der Waals surface area contributed by atoms with E-state index in [0.717, 1.165) is 0 Å². The molecule has 2 aromatic carbocycles. The average molecular weight is 411 g/mol. The smallest absolute Gasteiger partial charge is 0.228 e. The Bertz CT molecular complexity index is 922. The Morgan fingerprint density at radius 2 is 1.96 bits per heavy atom. The Kier molecular flexibility index (Phi) is 6.14. The van der Waals surface area contributed by atoms with E-state index >= 15 is 0 Å². The first-order valence-corrected chi connectivity index (χ1v) is 10.6. The van der Waals surface area contributed by atoms with Crippen molar-refractivity contribution in [2.45, 2.75) is 18.6 Å². The number of halogens is 2. The van der Waals surface area contributed by atoms with Gasteiger partial charge in [-0.2, -0.15) is 0 Å². The van der Waals surface area contributed by atoms with Crippen molar-refractivity contribution in [2.75, 3.05) is 18.4 Å². The van der Waals surface area contributed by atoms with Crippen molar-refractivity contribution < 1.29 is 17.6 Å². The van der Waals surface area contributed by atoms with Crippen LogP contribution in [-0.4, -0.2) is 31.7 Å². The molecule has 0 spiro atoms. The third kappa shape index (κ3) is 5.06. The van der Waals surface area contributed by atoms with Crippen LogP contribution in [0.25, 0.3) is 0 Å². The van der Waals surface area contributed by atoms with Gasteiger partial charge in [0.25, 0.3) is 0 Å². The Morgan fingerprint density at radius 3 is 2.67 bits per heavy atom. The van der Waals surface area contributed by atoms with Gasteiger partial charge in [0.15, 0.2) is 0 Å². The van der Waals surface area contributed by atoms with Gasteiger partial charge in [0.1, 0.15) is 5.82 Å². The number of piperidine rings is 1. The van der Waals surface area contributed by atoms with E-state index < -0.39 is 21.8 Å². The molecular weight excluding hydrogens is 391 g/mol. The molecule has 1 aliphatic heterocycles. The first-order valence-electron chi connectivity index (χ1n) is 8.63. The van der Waals surface area contributed by atoms with Gasteiger partial charge in [-0.25, -0.2) is 17.1 Å². The van der Waals surface area contributed by atoms with E-state index in [2.05, 4.69) is 5.32 Å². The maximum absolute atomic E-state index is 13.2. The number of nitrogens with one attached hydrogen (secondary N) is 1. The molecule has 0 radical (unpaired) electrons. The van der Waals surface area contributed by atoms with E-state index in [-0.39, 0.29) is 23.2 Å². The molecule has 1 unspecified atom stereocenters. The zero-order chi connectivity index (χ0) is 19.4. The minimum absolute atomic E-state index is 0.0801. The molecule has 1 aliphatic rings. The molecule has 1 N–H and O–H groups in total. The van der Waals surface area contributed by atoms with E-state index in [1.807, 2.05) is 6.07 Å². The predicted molar refractivity (Wildman–Crippen MR) is 103 cm³/mol. The second-order valence-corrected chi connectivity index (χ2v) is 8.93. The number of amides is 1. The molecule has 0 aromatic heterocycles. The lowest BCUT2D eigenvalue weighted by Gasteiger charge is -2.31. The third-order valence-corrected chi connectivity index (χ3v) is 6.63. The SMILES string of the molecule is O=C(Nc1ccc(F)c(Cl)c1)C1CCCN(S(=O)(=O)Cc2ccccc2)C1. The maximum atomic E-state index is 13.2. The number of carbonyl (C=O) groups excluding carboxylic acids is 1. The minimum Gasteiger partial charge on any atom is -0.326 e. The summed E-state index contributed by atoms with van der Waals surface area (Å²) in [5, 5.41) is 2.61. The Morgan fingerprint density at radius 1 is 1.22 bits per heavy atom. The molecule has 27 heavy (non-hydrogen) atoms. The number of sulfonamides is 1. The first kappa shape index (κ1) is 19.8. The van der Waals surface area contributed by atoms with E-state index in [4.69, 9.17) is 11.6 Å². The van der Waals surface area contributed by atoms with Gasteiger partial charge in [-0.05, 0) is 36.6 Å². The quantitative estimate of drug-likeness (QED) is 0.818. The zero-order valence-corrected chi connectivity index (χ0v) is 16.1. The molecule has 2 aromatic rings. The van der Waals surface area contributed by atoms with E-state index in [1.54, 1.807) is 24.3 Å². The van der Waals surface area contributed by atoms with Crippen molar-refractivity contribution in [1.29, 1.82) is 0 Å². The van der Waals surface area contributed by atoms with Crippen molar-refractivity contribution in [3.63, 3.8) is 0 Å². The van der Waals surface area contributed by atoms with Crippen LogP contribution in [0.1, 0.15) is 18.4 Å². The molecule has 1 fully saturated rings. The summed E-state index contributed by atoms with van der Waals surface area (Å²) in [5.74, 6) is -1.41. The number of anilines is 1. The molecule has 0 bridgehead atoms. The van der Waals surface area contributed by atoms with Crippen molar-refractivity contribution in [1.82, 2.24) is 4.31 Å². The second kappa shape index (κ2) is 8.37.